The van der Waals surface area contributed by atoms with Crippen LogP contribution in [-0.2, 0) is 11.2 Å². The molecule has 0 saturated heterocycles. The van der Waals surface area contributed by atoms with E-state index in [-0.39, 0.29) is 5.91 Å². The van der Waals surface area contributed by atoms with Gasteiger partial charge in [0, 0.05) is 13.1 Å². The molecule has 30 heavy (non-hydrogen) atoms. The van der Waals surface area contributed by atoms with Crippen LogP contribution in [0, 0.1) is 27.7 Å². The van der Waals surface area contributed by atoms with Gasteiger partial charge in [-0.25, -0.2) is 4.98 Å². The lowest BCUT2D eigenvalue weighted by Gasteiger charge is -2.25. The largest absolute Gasteiger partial charge is 0.302 e. The van der Waals surface area contributed by atoms with Crippen LogP contribution >= 0.6 is 11.3 Å². The summed E-state index contributed by atoms with van der Waals surface area (Å²) in [5, 5.41) is 0.803. The van der Waals surface area contributed by atoms with Crippen molar-refractivity contribution < 1.29 is 4.79 Å². The molecule has 160 valence electrons. The minimum absolute atomic E-state index is 0.113. The van der Waals surface area contributed by atoms with Crippen LogP contribution < -0.4 is 4.90 Å². The zero-order chi connectivity index (χ0) is 21.8. The third-order valence-corrected chi connectivity index (χ3v) is 6.94. The van der Waals surface area contributed by atoms with Crippen molar-refractivity contribution in [3.63, 3.8) is 0 Å². The number of anilines is 1. The summed E-state index contributed by atoms with van der Waals surface area (Å²) in [5.41, 5.74) is 6.95. The fraction of sp³-hybridized carbons (Fsp3) is 0.440. The number of likely N-dealkylation sites (N-methyl/N-ethyl adjacent to an activating group) is 1. The van der Waals surface area contributed by atoms with Crippen LogP contribution in [0.1, 0.15) is 41.7 Å². The number of amides is 1. The predicted octanol–water partition coefficient (Wildman–Crippen LogP) is 5.45. The summed E-state index contributed by atoms with van der Waals surface area (Å²) in [4.78, 5) is 22.5. The summed E-state index contributed by atoms with van der Waals surface area (Å²) in [6.07, 6.45) is 0.401. The lowest BCUT2D eigenvalue weighted by atomic mass is 10.0. The van der Waals surface area contributed by atoms with Crippen molar-refractivity contribution in [2.75, 3.05) is 31.1 Å². The number of thiazole rings is 1. The number of carbonyl (C=O) groups is 1. The van der Waals surface area contributed by atoms with Crippen LogP contribution in [0.4, 0.5) is 5.13 Å². The molecule has 1 amide bonds. The van der Waals surface area contributed by atoms with Gasteiger partial charge in [0.05, 0.1) is 16.6 Å². The van der Waals surface area contributed by atoms with E-state index < -0.39 is 0 Å². The van der Waals surface area contributed by atoms with Gasteiger partial charge in [-0.2, -0.15) is 0 Å². The maximum absolute atomic E-state index is 13.4. The molecule has 0 N–H and O–H groups in total. The Balaban J connectivity index is 1.92. The van der Waals surface area contributed by atoms with Crippen LogP contribution in [0.3, 0.4) is 0 Å². The zero-order valence-electron chi connectivity index (χ0n) is 19.1. The van der Waals surface area contributed by atoms with Gasteiger partial charge in [-0.15, -0.1) is 0 Å². The van der Waals surface area contributed by atoms with Gasteiger partial charge < -0.3 is 4.90 Å². The number of hydrogen-bond donors (Lipinski definition) is 0. The Morgan fingerprint density at radius 1 is 0.933 bits per heavy atom. The topological polar surface area (TPSA) is 36.4 Å². The van der Waals surface area contributed by atoms with E-state index in [0.29, 0.717) is 13.0 Å². The predicted molar refractivity (Wildman–Crippen MR) is 129 cm³/mol. The summed E-state index contributed by atoms with van der Waals surface area (Å²) in [5.74, 6) is 0.113. The van der Waals surface area contributed by atoms with Crippen molar-refractivity contribution in [3.8, 4) is 0 Å². The van der Waals surface area contributed by atoms with E-state index in [1.54, 1.807) is 11.3 Å². The Bertz CT molecular complexity index is 997. The number of hydrogen-bond acceptors (Lipinski definition) is 4. The molecule has 0 saturated carbocycles. The van der Waals surface area contributed by atoms with Crippen molar-refractivity contribution in [3.05, 3.63) is 58.1 Å². The molecule has 0 atom stereocenters. The fourth-order valence-electron chi connectivity index (χ4n) is 3.69. The highest BCUT2D eigenvalue weighted by Gasteiger charge is 2.21. The molecule has 0 radical (unpaired) electrons. The molecule has 1 heterocycles. The van der Waals surface area contributed by atoms with E-state index in [2.05, 4.69) is 76.8 Å². The summed E-state index contributed by atoms with van der Waals surface area (Å²) in [6.45, 7) is 16.2. The zero-order valence-corrected chi connectivity index (χ0v) is 19.9. The van der Waals surface area contributed by atoms with E-state index in [9.17, 15) is 4.79 Å². The molecule has 1 aromatic heterocycles. The second-order valence-corrected chi connectivity index (χ2v) is 9.09. The summed E-state index contributed by atoms with van der Waals surface area (Å²) >= 11 is 1.62. The molecule has 3 rings (SSSR count). The van der Waals surface area contributed by atoms with E-state index in [4.69, 9.17) is 4.98 Å². The number of benzene rings is 2. The first-order valence-corrected chi connectivity index (χ1v) is 11.6. The van der Waals surface area contributed by atoms with E-state index in [1.807, 2.05) is 4.90 Å². The average Bonchev–Trinajstić information content (AvgIpc) is 3.10. The maximum atomic E-state index is 13.4. The van der Waals surface area contributed by atoms with Crippen molar-refractivity contribution in [2.45, 2.75) is 48.0 Å². The summed E-state index contributed by atoms with van der Waals surface area (Å²) in [6, 6.07) is 10.6. The second kappa shape index (κ2) is 9.71. The number of aromatic nitrogens is 1. The number of fused-ring (bicyclic) bond motifs is 1. The first-order valence-electron chi connectivity index (χ1n) is 10.8. The van der Waals surface area contributed by atoms with Crippen molar-refractivity contribution in [1.82, 2.24) is 9.88 Å². The molecule has 3 aromatic rings. The summed E-state index contributed by atoms with van der Waals surface area (Å²) in [7, 11) is 0. The van der Waals surface area contributed by atoms with Crippen molar-refractivity contribution in [1.29, 1.82) is 0 Å². The van der Waals surface area contributed by atoms with Crippen molar-refractivity contribution in [2.24, 2.45) is 0 Å². The first-order chi connectivity index (χ1) is 14.3. The smallest absolute Gasteiger partial charge is 0.233 e. The molecule has 0 fully saturated rings. The van der Waals surface area contributed by atoms with E-state index >= 15 is 0 Å². The third kappa shape index (κ3) is 5.08. The van der Waals surface area contributed by atoms with Crippen LogP contribution in [0.15, 0.2) is 30.3 Å². The lowest BCUT2D eigenvalue weighted by molar-refractivity contribution is -0.118. The lowest BCUT2D eigenvalue weighted by Crippen LogP contribution is -2.39. The molecule has 5 heteroatoms. The third-order valence-electron chi connectivity index (χ3n) is 5.90. The number of aryl methyl sites for hydroxylation is 4. The van der Waals surface area contributed by atoms with E-state index in [0.717, 1.165) is 40.5 Å². The van der Waals surface area contributed by atoms with Gasteiger partial charge in [-0.1, -0.05) is 48.9 Å². The summed E-state index contributed by atoms with van der Waals surface area (Å²) < 4.78 is 1.14. The quantitative estimate of drug-likeness (QED) is 0.483. The van der Waals surface area contributed by atoms with Crippen LogP contribution in [0.5, 0.6) is 0 Å². The Kier molecular flexibility index (Phi) is 7.27. The normalized spacial score (nSPS) is 11.4. The molecule has 0 bridgehead atoms. The number of rotatable bonds is 8. The fourth-order valence-corrected chi connectivity index (χ4v) is 4.78. The highest BCUT2D eigenvalue weighted by Crippen LogP contribution is 2.31. The molecular weight excluding hydrogens is 390 g/mol. The molecule has 4 nitrogen and oxygen atoms in total. The minimum atomic E-state index is 0.113. The first kappa shape index (κ1) is 22.4. The van der Waals surface area contributed by atoms with Gasteiger partial charge in [-0.05, 0) is 75.2 Å². The van der Waals surface area contributed by atoms with Gasteiger partial charge in [0.15, 0.2) is 5.13 Å². The highest BCUT2D eigenvalue weighted by atomic mass is 32.1. The van der Waals surface area contributed by atoms with Crippen LogP contribution in [0.25, 0.3) is 10.2 Å². The Labute approximate surface area is 184 Å². The molecule has 0 aliphatic rings. The van der Waals surface area contributed by atoms with Gasteiger partial charge in [0.2, 0.25) is 5.91 Å². The maximum Gasteiger partial charge on any atom is 0.233 e. The average molecular weight is 424 g/mol. The van der Waals surface area contributed by atoms with Gasteiger partial charge >= 0.3 is 0 Å². The van der Waals surface area contributed by atoms with Crippen LogP contribution in [-0.4, -0.2) is 42.0 Å². The standard InChI is InChI=1S/C25H33N3OS/c1-7-27(8-2)11-12-28(24(29)16-21-10-9-17(3)13-20(21)6)25-26-22-14-18(4)19(5)15-23(22)30-25/h9-10,13-15H,7-8,11-12,16H2,1-6H3. The van der Waals surface area contributed by atoms with Gasteiger partial charge in [0.25, 0.3) is 0 Å². The molecule has 0 spiro atoms. The molecule has 0 aliphatic carbocycles. The molecular formula is C25H33N3OS. The van der Waals surface area contributed by atoms with E-state index in [1.165, 1.54) is 22.3 Å². The Morgan fingerprint density at radius 3 is 2.30 bits per heavy atom. The van der Waals surface area contributed by atoms with Crippen molar-refractivity contribution >= 4 is 32.6 Å². The SMILES string of the molecule is CCN(CC)CCN(C(=O)Cc1ccc(C)cc1C)c1nc2cc(C)c(C)cc2s1. The minimum Gasteiger partial charge on any atom is -0.302 e. The number of nitrogens with zero attached hydrogens (tertiary/aromatic N) is 3. The van der Waals surface area contributed by atoms with Gasteiger partial charge in [0.1, 0.15) is 0 Å². The monoisotopic (exact) mass is 423 g/mol. The Hall–Kier alpha value is -2.24. The molecule has 2 aromatic carbocycles. The van der Waals surface area contributed by atoms with Crippen LogP contribution in [0.2, 0.25) is 0 Å². The van der Waals surface area contributed by atoms with Gasteiger partial charge in [-0.3, -0.25) is 9.69 Å². The molecule has 0 unspecified atom stereocenters. The second-order valence-electron chi connectivity index (χ2n) is 8.08. The molecule has 0 aliphatic heterocycles. The number of carbonyl (C=O) groups excluding carboxylic acids is 1. The Morgan fingerprint density at radius 2 is 1.63 bits per heavy atom. The highest BCUT2D eigenvalue weighted by molar-refractivity contribution is 7.22.